The summed E-state index contributed by atoms with van der Waals surface area (Å²) in [6.07, 6.45) is 3.43. The number of aromatic nitrogens is 3. The number of nitrogens with zero attached hydrogens (tertiary/aromatic N) is 5. The Morgan fingerprint density at radius 1 is 1.11 bits per heavy atom. The van der Waals surface area contributed by atoms with Gasteiger partial charge in [0.1, 0.15) is 15.7 Å². The van der Waals surface area contributed by atoms with Crippen LogP contribution in [0.2, 0.25) is 0 Å². The molecule has 0 bridgehead atoms. The lowest BCUT2D eigenvalue weighted by molar-refractivity contribution is 0.103. The summed E-state index contributed by atoms with van der Waals surface area (Å²) in [5, 5.41) is 3.67. The van der Waals surface area contributed by atoms with Crippen molar-refractivity contribution in [3.05, 3.63) is 53.3 Å². The molecule has 1 saturated heterocycles. The van der Waals surface area contributed by atoms with Gasteiger partial charge in [-0.15, -0.1) is 11.3 Å². The minimum absolute atomic E-state index is 0.175. The van der Waals surface area contributed by atoms with E-state index in [4.69, 9.17) is 0 Å². The van der Waals surface area contributed by atoms with Gasteiger partial charge in [0.2, 0.25) is 0 Å². The summed E-state index contributed by atoms with van der Waals surface area (Å²) in [5.41, 5.74) is 2.15. The molecule has 0 spiro atoms. The topological polar surface area (TPSA) is 74.2 Å². The van der Waals surface area contributed by atoms with Crippen LogP contribution in [-0.2, 0) is 0 Å². The molecule has 1 aliphatic rings. The fraction of sp³-hybridized carbons (Fsp3) is 0.300. The van der Waals surface area contributed by atoms with E-state index in [-0.39, 0.29) is 5.91 Å². The predicted octanol–water partition coefficient (Wildman–Crippen LogP) is 2.91. The fourth-order valence-electron chi connectivity index (χ4n) is 3.08. The number of likely N-dealkylation sites (N-methyl/N-ethyl adjacent to an activating group) is 1. The van der Waals surface area contributed by atoms with Crippen molar-refractivity contribution >= 4 is 28.7 Å². The molecule has 28 heavy (non-hydrogen) atoms. The third-order valence-electron chi connectivity index (χ3n) is 4.72. The Bertz CT molecular complexity index is 949. The smallest absolute Gasteiger partial charge is 0.267 e. The summed E-state index contributed by atoms with van der Waals surface area (Å²) in [6.45, 7) is 5.83. The van der Waals surface area contributed by atoms with Crippen molar-refractivity contribution in [3.63, 3.8) is 0 Å². The van der Waals surface area contributed by atoms with E-state index in [9.17, 15) is 4.79 Å². The molecule has 3 aromatic heterocycles. The lowest BCUT2D eigenvalue weighted by Crippen LogP contribution is -2.44. The molecule has 0 unspecified atom stereocenters. The minimum atomic E-state index is -0.175. The second-order valence-corrected chi connectivity index (χ2v) is 7.80. The van der Waals surface area contributed by atoms with Crippen LogP contribution >= 0.6 is 11.3 Å². The SMILES string of the molecule is Cc1nc(-c2ccccn2)sc1C(=O)Nc1ccc(N2CCN(C)CC2)nc1. The minimum Gasteiger partial charge on any atom is -0.354 e. The number of pyridine rings is 2. The zero-order chi connectivity index (χ0) is 19.5. The first-order valence-corrected chi connectivity index (χ1v) is 10.0. The number of piperazine rings is 1. The quantitative estimate of drug-likeness (QED) is 0.733. The summed E-state index contributed by atoms with van der Waals surface area (Å²) in [7, 11) is 2.13. The molecule has 0 atom stereocenters. The molecule has 8 heteroatoms. The molecule has 0 aliphatic carbocycles. The number of thiazole rings is 1. The van der Waals surface area contributed by atoms with Gasteiger partial charge in [0, 0.05) is 32.4 Å². The molecule has 4 heterocycles. The molecule has 7 nitrogen and oxygen atoms in total. The van der Waals surface area contributed by atoms with E-state index in [1.165, 1.54) is 11.3 Å². The lowest BCUT2D eigenvalue weighted by atomic mass is 10.3. The van der Waals surface area contributed by atoms with E-state index in [1.807, 2.05) is 37.3 Å². The zero-order valence-electron chi connectivity index (χ0n) is 15.9. The van der Waals surface area contributed by atoms with Crippen molar-refractivity contribution in [1.82, 2.24) is 19.9 Å². The van der Waals surface area contributed by atoms with Crippen molar-refractivity contribution in [2.75, 3.05) is 43.4 Å². The van der Waals surface area contributed by atoms with E-state index >= 15 is 0 Å². The van der Waals surface area contributed by atoms with Gasteiger partial charge in [-0.25, -0.2) is 9.97 Å². The third-order valence-corrected chi connectivity index (χ3v) is 5.90. The Labute approximate surface area is 168 Å². The molecule has 144 valence electrons. The van der Waals surface area contributed by atoms with Gasteiger partial charge >= 0.3 is 0 Å². The molecule has 3 aromatic rings. The van der Waals surface area contributed by atoms with Gasteiger partial charge in [-0.1, -0.05) is 6.07 Å². The highest BCUT2D eigenvalue weighted by atomic mass is 32.1. The maximum absolute atomic E-state index is 12.7. The number of carbonyl (C=O) groups is 1. The Kier molecular flexibility index (Phi) is 5.31. The van der Waals surface area contributed by atoms with Gasteiger partial charge < -0.3 is 15.1 Å². The molecule has 1 fully saturated rings. The summed E-state index contributed by atoms with van der Waals surface area (Å²) >= 11 is 1.35. The van der Waals surface area contributed by atoms with Crippen molar-refractivity contribution < 1.29 is 4.79 Å². The van der Waals surface area contributed by atoms with Crippen LogP contribution in [0.15, 0.2) is 42.7 Å². The van der Waals surface area contributed by atoms with Crippen LogP contribution in [0.3, 0.4) is 0 Å². The van der Waals surface area contributed by atoms with Crippen LogP contribution in [0.1, 0.15) is 15.4 Å². The molecule has 4 rings (SSSR count). The summed E-state index contributed by atoms with van der Waals surface area (Å²) in [6, 6.07) is 9.51. The van der Waals surface area contributed by atoms with Crippen LogP contribution < -0.4 is 10.2 Å². The summed E-state index contributed by atoms with van der Waals surface area (Å²) in [5.74, 6) is 0.767. The van der Waals surface area contributed by atoms with E-state index in [0.29, 0.717) is 16.3 Å². The van der Waals surface area contributed by atoms with E-state index in [0.717, 1.165) is 42.7 Å². The van der Waals surface area contributed by atoms with E-state index in [1.54, 1.807) is 12.4 Å². The number of hydrogen-bond acceptors (Lipinski definition) is 7. The number of aryl methyl sites for hydroxylation is 1. The Morgan fingerprint density at radius 3 is 2.61 bits per heavy atom. The maximum Gasteiger partial charge on any atom is 0.267 e. The average molecular weight is 395 g/mol. The van der Waals surface area contributed by atoms with Crippen molar-refractivity contribution in [2.45, 2.75) is 6.92 Å². The Morgan fingerprint density at radius 2 is 1.93 bits per heavy atom. The van der Waals surface area contributed by atoms with Gasteiger partial charge in [0.05, 0.1) is 23.3 Å². The summed E-state index contributed by atoms with van der Waals surface area (Å²) in [4.78, 5) is 31.2. The Hall–Kier alpha value is -2.84. The molecule has 1 aliphatic heterocycles. The number of amides is 1. The first-order valence-electron chi connectivity index (χ1n) is 9.20. The van der Waals surface area contributed by atoms with Crippen LogP contribution in [0.5, 0.6) is 0 Å². The molecule has 1 N–H and O–H groups in total. The number of carbonyl (C=O) groups excluding carboxylic acids is 1. The second kappa shape index (κ2) is 8.04. The highest BCUT2D eigenvalue weighted by Gasteiger charge is 2.18. The largest absolute Gasteiger partial charge is 0.354 e. The first-order chi connectivity index (χ1) is 13.6. The van der Waals surface area contributed by atoms with Crippen LogP contribution in [0.4, 0.5) is 11.5 Å². The molecular formula is C20H22N6OS. The molecule has 0 radical (unpaired) electrons. The van der Waals surface area contributed by atoms with Gasteiger partial charge in [0.25, 0.3) is 5.91 Å². The Balaban J connectivity index is 1.44. The molecule has 0 saturated carbocycles. The van der Waals surface area contributed by atoms with E-state index < -0.39 is 0 Å². The number of hydrogen-bond donors (Lipinski definition) is 1. The molecule has 0 aromatic carbocycles. The maximum atomic E-state index is 12.7. The first kappa shape index (κ1) is 18.5. The van der Waals surface area contributed by atoms with Gasteiger partial charge in [-0.3, -0.25) is 9.78 Å². The lowest BCUT2D eigenvalue weighted by Gasteiger charge is -2.33. The number of nitrogens with one attached hydrogen (secondary N) is 1. The predicted molar refractivity (Wildman–Crippen MR) is 112 cm³/mol. The second-order valence-electron chi connectivity index (χ2n) is 6.80. The zero-order valence-corrected chi connectivity index (χ0v) is 16.7. The normalized spacial score (nSPS) is 14.9. The third kappa shape index (κ3) is 4.02. The monoisotopic (exact) mass is 394 g/mol. The van der Waals surface area contributed by atoms with E-state index in [2.05, 4.69) is 37.1 Å². The van der Waals surface area contributed by atoms with Gasteiger partial charge in [0.15, 0.2) is 0 Å². The van der Waals surface area contributed by atoms with Crippen molar-refractivity contribution in [3.8, 4) is 10.7 Å². The van der Waals surface area contributed by atoms with Crippen molar-refractivity contribution in [2.24, 2.45) is 0 Å². The van der Waals surface area contributed by atoms with Crippen LogP contribution in [0.25, 0.3) is 10.7 Å². The standard InChI is InChI=1S/C20H22N6OS/c1-14-18(28-20(23-14)16-5-3-4-8-21-16)19(27)24-15-6-7-17(22-13-15)26-11-9-25(2)10-12-26/h3-8,13H,9-12H2,1-2H3,(H,24,27). The average Bonchev–Trinajstić information content (AvgIpc) is 3.12. The van der Waals surface area contributed by atoms with Crippen molar-refractivity contribution in [1.29, 1.82) is 0 Å². The number of anilines is 2. The molecule has 1 amide bonds. The number of rotatable bonds is 4. The van der Waals surface area contributed by atoms with Crippen LogP contribution in [0, 0.1) is 6.92 Å². The van der Waals surface area contributed by atoms with Gasteiger partial charge in [-0.05, 0) is 38.2 Å². The summed E-state index contributed by atoms with van der Waals surface area (Å²) < 4.78 is 0. The molecular weight excluding hydrogens is 372 g/mol. The van der Waals surface area contributed by atoms with Crippen LogP contribution in [-0.4, -0.2) is 59.0 Å². The van der Waals surface area contributed by atoms with Gasteiger partial charge in [-0.2, -0.15) is 0 Å². The fourth-order valence-corrected chi connectivity index (χ4v) is 4.01. The highest BCUT2D eigenvalue weighted by molar-refractivity contribution is 7.17. The highest BCUT2D eigenvalue weighted by Crippen LogP contribution is 2.27.